The zero-order chi connectivity index (χ0) is 37.0. The smallest absolute Gasteiger partial charge is 0.161 e. The fraction of sp³-hybridized carbons (Fsp3) is 0. The Bertz CT molecular complexity index is 3190. The molecule has 56 heavy (non-hydrogen) atoms. The first-order valence-corrected chi connectivity index (χ1v) is 19.6. The lowest BCUT2D eigenvalue weighted by atomic mass is 9.92. The van der Waals surface area contributed by atoms with E-state index in [-0.39, 0.29) is 0 Å². The molecule has 3 heterocycles. The number of para-hydroxylation sites is 1. The van der Waals surface area contributed by atoms with Gasteiger partial charge in [-0.1, -0.05) is 146 Å². The SMILES string of the molecule is c1ccc(-c2cc(-c3ccccc3)cc(-c3cccc(-c4cccc(-c5nc(-c6cccc7oc8ccccc8c67)nc6c5sc5ccccc56)c4)c3)c2)cc1. The predicted octanol–water partition coefficient (Wildman–Crippen LogP) is 14.7. The molecule has 11 rings (SSSR count). The van der Waals surface area contributed by atoms with Gasteiger partial charge in [0.15, 0.2) is 5.82 Å². The molecule has 3 aromatic heterocycles. The van der Waals surface area contributed by atoms with Gasteiger partial charge in [0.2, 0.25) is 0 Å². The lowest BCUT2D eigenvalue weighted by Gasteiger charge is -2.13. The highest BCUT2D eigenvalue weighted by Gasteiger charge is 2.20. The summed E-state index contributed by atoms with van der Waals surface area (Å²) in [6, 6.07) is 68.7. The summed E-state index contributed by atoms with van der Waals surface area (Å²) in [4.78, 5) is 10.7. The summed E-state index contributed by atoms with van der Waals surface area (Å²) in [6.07, 6.45) is 0. The van der Waals surface area contributed by atoms with Crippen LogP contribution in [0.1, 0.15) is 0 Å². The standard InChI is InChI=1S/C52H32N2OS/c1-3-14-33(15-4-1)39-30-40(34-16-5-2-6-17-34)32-41(31-39)37-20-11-18-35(28-37)36-19-12-21-38(29-36)49-51-50(43-23-8-10-27-47(43)56-51)54-52(53-49)44-24-13-26-46-48(44)42-22-7-9-25-45(42)55-46/h1-32H. The van der Waals surface area contributed by atoms with E-state index in [1.54, 1.807) is 11.3 Å². The first-order chi connectivity index (χ1) is 27.7. The topological polar surface area (TPSA) is 38.9 Å². The molecule has 3 nitrogen and oxygen atoms in total. The van der Waals surface area contributed by atoms with Gasteiger partial charge < -0.3 is 4.42 Å². The second-order valence-corrected chi connectivity index (χ2v) is 15.2. The van der Waals surface area contributed by atoms with Crippen LogP contribution in [-0.4, -0.2) is 9.97 Å². The molecule has 0 radical (unpaired) electrons. The van der Waals surface area contributed by atoms with Crippen LogP contribution in [0.25, 0.3) is 109 Å². The average Bonchev–Trinajstić information content (AvgIpc) is 3.85. The molecule has 0 aliphatic carbocycles. The summed E-state index contributed by atoms with van der Waals surface area (Å²) in [6.45, 7) is 0. The molecule has 0 aliphatic rings. The van der Waals surface area contributed by atoms with Gasteiger partial charge in [0, 0.05) is 32.0 Å². The lowest BCUT2D eigenvalue weighted by Crippen LogP contribution is -1.94. The summed E-state index contributed by atoms with van der Waals surface area (Å²) < 4.78 is 8.56. The molecule has 0 saturated heterocycles. The number of thiophene rings is 1. The van der Waals surface area contributed by atoms with E-state index in [1.807, 2.05) is 24.3 Å². The molecule has 0 fully saturated rings. The number of furan rings is 1. The van der Waals surface area contributed by atoms with E-state index in [9.17, 15) is 0 Å². The van der Waals surface area contributed by atoms with Crippen molar-refractivity contribution in [1.29, 1.82) is 0 Å². The van der Waals surface area contributed by atoms with Crippen molar-refractivity contribution in [3.63, 3.8) is 0 Å². The van der Waals surface area contributed by atoms with Crippen LogP contribution >= 0.6 is 11.3 Å². The summed E-state index contributed by atoms with van der Waals surface area (Å²) in [5.41, 5.74) is 15.0. The van der Waals surface area contributed by atoms with Crippen molar-refractivity contribution in [3.8, 4) is 67.2 Å². The number of hydrogen-bond donors (Lipinski definition) is 0. The Kier molecular flexibility index (Phi) is 7.68. The molecule has 0 aliphatic heterocycles. The lowest BCUT2D eigenvalue weighted by molar-refractivity contribution is 0.669. The van der Waals surface area contributed by atoms with Crippen molar-refractivity contribution in [1.82, 2.24) is 9.97 Å². The van der Waals surface area contributed by atoms with Gasteiger partial charge in [-0.3, -0.25) is 0 Å². The molecule has 0 saturated carbocycles. The van der Waals surface area contributed by atoms with Crippen LogP contribution in [0.2, 0.25) is 0 Å². The van der Waals surface area contributed by atoms with Crippen molar-refractivity contribution in [2.75, 3.05) is 0 Å². The monoisotopic (exact) mass is 732 g/mol. The summed E-state index contributed by atoms with van der Waals surface area (Å²) in [5.74, 6) is 0.688. The Balaban J connectivity index is 1.06. The highest BCUT2D eigenvalue weighted by atomic mass is 32.1. The Morgan fingerprint density at radius 1 is 0.375 bits per heavy atom. The first kappa shape index (κ1) is 32.3. The molecule has 0 atom stereocenters. The van der Waals surface area contributed by atoms with E-state index < -0.39 is 0 Å². The number of benzene rings is 8. The molecule has 0 amide bonds. The summed E-state index contributed by atoms with van der Waals surface area (Å²) in [7, 11) is 0. The number of fused-ring (bicyclic) bond motifs is 6. The molecule has 262 valence electrons. The zero-order valence-corrected chi connectivity index (χ0v) is 31.0. The van der Waals surface area contributed by atoms with E-state index in [0.29, 0.717) is 5.82 Å². The number of nitrogens with zero attached hydrogens (tertiary/aromatic N) is 2. The normalized spacial score (nSPS) is 11.6. The molecule has 0 spiro atoms. The molecule has 11 aromatic rings. The van der Waals surface area contributed by atoms with Crippen molar-refractivity contribution < 1.29 is 4.42 Å². The van der Waals surface area contributed by atoms with Crippen LogP contribution in [0.15, 0.2) is 199 Å². The van der Waals surface area contributed by atoms with Gasteiger partial charge in [-0.05, 0) is 93.0 Å². The fourth-order valence-electron chi connectivity index (χ4n) is 7.98. The quantitative estimate of drug-likeness (QED) is 0.171. The highest BCUT2D eigenvalue weighted by Crippen LogP contribution is 2.43. The van der Waals surface area contributed by atoms with Crippen molar-refractivity contribution >= 4 is 53.6 Å². The van der Waals surface area contributed by atoms with Gasteiger partial charge in [-0.25, -0.2) is 9.97 Å². The molecular formula is C52H32N2OS. The summed E-state index contributed by atoms with van der Waals surface area (Å²) in [5, 5.41) is 3.23. The maximum absolute atomic E-state index is 6.28. The van der Waals surface area contributed by atoms with Crippen LogP contribution in [0.5, 0.6) is 0 Å². The maximum Gasteiger partial charge on any atom is 0.161 e. The molecule has 0 bridgehead atoms. The number of hydrogen-bond acceptors (Lipinski definition) is 4. The van der Waals surface area contributed by atoms with Gasteiger partial charge in [0.1, 0.15) is 11.2 Å². The zero-order valence-electron chi connectivity index (χ0n) is 30.2. The summed E-state index contributed by atoms with van der Waals surface area (Å²) >= 11 is 1.75. The second kappa shape index (κ2) is 13.3. The minimum atomic E-state index is 0.688. The van der Waals surface area contributed by atoms with Gasteiger partial charge >= 0.3 is 0 Å². The predicted molar refractivity (Wildman–Crippen MR) is 235 cm³/mol. The number of rotatable bonds is 6. The Morgan fingerprint density at radius 3 is 1.59 bits per heavy atom. The maximum atomic E-state index is 6.28. The van der Waals surface area contributed by atoms with Crippen molar-refractivity contribution in [2.24, 2.45) is 0 Å². The van der Waals surface area contributed by atoms with E-state index in [2.05, 4.69) is 170 Å². The van der Waals surface area contributed by atoms with Crippen LogP contribution < -0.4 is 0 Å². The third-order valence-corrected chi connectivity index (χ3v) is 11.8. The molecular weight excluding hydrogens is 701 g/mol. The van der Waals surface area contributed by atoms with Crippen LogP contribution in [0.4, 0.5) is 0 Å². The Labute approximate surface area is 327 Å². The molecule has 8 aromatic carbocycles. The molecule has 4 heteroatoms. The van der Waals surface area contributed by atoms with Crippen LogP contribution in [0.3, 0.4) is 0 Å². The average molecular weight is 733 g/mol. The molecule has 0 unspecified atom stereocenters. The largest absolute Gasteiger partial charge is 0.456 e. The van der Waals surface area contributed by atoms with Gasteiger partial charge in [-0.2, -0.15) is 0 Å². The molecule has 0 N–H and O–H groups in total. The van der Waals surface area contributed by atoms with Crippen LogP contribution in [0, 0.1) is 0 Å². The van der Waals surface area contributed by atoms with Gasteiger partial charge in [-0.15, -0.1) is 11.3 Å². The fourth-order valence-corrected chi connectivity index (χ4v) is 9.13. The van der Waals surface area contributed by atoms with Crippen LogP contribution in [-0.2, 0) is 0 Å². The third kappa shape index (κ3) is 5.58. The van der Waals surface area contributed by atoms with E-state index in [4.69, 9.17) is 14.4 Å². The Hall–Kier alpha value is -7.14. The highest BCUT2D eigenvalue weighted by molar-refractivity contribution is 7.26. The first-order valence-electron chi connectivity index (χ1n) is 18.8. The van der Waals surface area contributed by atoms with E-state index in [1.165, 1.54) is 38.1 Å². The van der Waals surface area contributed by atoms with Crippen molar-refractivity contribution in [2.45, 2.75) is 0 Å². The Morgan fingerprint density at radius 2 is 0.875 bits per heavy atom. The second-order valence-electron chi connectivity index (χ2n) is 14.1. The minimum Gasteiger partial charge on any atom is -0.456 e. The van der Waals surface area contributed by atoms with Gasteiger partial charge in [0.25, 0.3) is 0 Å². The number of aromatic nitrogens is 2. The minimum absolute atomic E-state index is 0.688. The third-order valence-electron chi connectivity index (χ3n) is 10.7. The van der Waals surface area contributed by atoms with Crippen molar-refractivity contribution in [3.05, 3.63) is 194 Å². The van der Waals surface area contributed by atoms with Gasteiger partial charge in [0.05, 0.1) is 15.9 Å². The van der Waals surface area contributed by atoms with E-state index >= 15 is 0 Å². The van der Waals surface area contributed by atoms with E-state index in [0.717, 1.165) is 65.5 Å².